The first-order valence-corrected chi connectivity index (χ1v) is 7.08. The molecule has 0 rings (SSSR count). The molecule has 19 heavy (non-hydrogen) atoms. The van der Waals surface area contributed by atoms with Crippen molar-refractivity contribution in [3.8, 4) is 0 Å². The Hall–Kier alpha value is -0.0400. The first-order valence-electron chi connectivity index (χ1n) is 7.08. The summed E-state index contributed by atoms with van der Waals surface area (Å²) in [4.78, 5) is 4.17. The average molecular weight is 385 g/mol. The van der Waals surface area contributed by atoms with Gasteiger partial charge in [-0.2, -0.15) is 0 Å². The van der Waals surface area contributed by atoms with E-state index in [0.29, 0.717) is 5.92 Å². The lowest BCUT2D eigenvalue weighted by molar-refractivity contribution is 0.128. The van der Waals surface area contributed by atoms with E-state index in [-0.39, 0.29) is 24.0 Å². The molecule has 0 aromatic rings. The molecule has 5 heteroatoms. The number of hydrogen-bond acceptors (Lipinski definition) is 2. The Morgan fingerprint density at radius 2 is 1.53 bits per heavy atom. The highest BCUT2D eigenvalue weighted by atomic mass is 127. The van der Waals surface area contributed by atoms with Gasteiger partial charge in [0.15, 0.2) is 5.96 Å². The lowest BCUT2D eigenvalue weighted by atomic mass is 10.1. The van der Waals surface area contributed by atoms with Crippen LogP contribution in [0.1, 0.15) is 40.5 Å². The summed E-state index contributed by atoms with van der Waals surface area (Å²) in [6, 6.07) is 0. The van der Waals surface area contributed by atoms with Crippen molar-refractivity contribution in [3.05, 3.63) is 0 Å². The van der Waals surface area contributed by atoms with Crippen LogP contribution in [0.5, 0.6) is 0 Å². The van der Waals surface area contributed by atoms with E-state index < -0.39 is 0 Å². The summed E-state index contributed by atoms with van der Waals surface area (Å²) in [6.07, 6.45) is 2.28. The molecule has 4 nitrogen and oxygen atoms in total. The van der Waals surface area contributed by atoms with Crippen LogP contribution < -0.4 is 10.6 Å². The van der Waals surface area contributed by atoms with Crippen LogP contribution in [0.4, 0.5) is 0 Å². The number of hydrogen-bond donors (Lipinski definition) is 2. The molecule has 0 amide bonds. The monoisotopic (exact) mass is 385 g/mol. The van der Waals surface area contributed by atoms with Crippen LogP contribution in [0.3, 0.4) is 0 Å². The maximum atomic E-state index is 5.54. The van der Waals surface area contributed by atoms with E-state index in [4.69, 9.17) is 4.74 Å². The van der Waals surface area contributed by atoms with Gasteiger partial charge >= 0.3 is 0 Å². The predicted molar refractivity (Wildman–Crippen MR) is 94.5 cm³/mol. The Kier molecular flexibility index (Phi) is 16.1. The van der Waals surface area contributed by atoms with Crippen LogP contribution in [0, 0.1) is 11.8 Å². The molecule has 0 aliphatic rings. The van der Waals surface area contributed by atoms with Gasteiger partial charge in [0.25, 0.3) is 0 Å². The molecule has 0 aliphatic heterocycles. The molecule has 0 aromatic heterocycles. The van der Waals surface area contributed by atoms with Crippen LogP contribution in [0.2, 0.25) is 0 Å². The molecule has 2 N–H and O–H groups in total. The predicted octanol–water partition coefficient (Wildman–Crippen LogP) is 2.88. The zero-order valence-corrected chi connectivity index (χ0v) is 15.5. The first kappa shape index (κ1) is 21.3. The van der Waals surface area contributed by atoms with Crippen molar-refractivity contribution >= 4 is 29.9 Å². The summed E-state index contributed by atoms with van der Waals surface area (Å²) < 4.78 is 5.54. The third-order valence-corrected chi connectivity index (χ3v) is 2.62. The zero-order valence-electron chi connectivity index (χ0n) is 13.2. The fraction of sp³-hybridized carbons (Fsp3) is 0.929. The van der Waals surface area contributed by atoms with Crippen molar-refractivity contribution in [1.82, 2.24) is 10.6 Å². The number of nitrogens with one attached hydrogen (secondary N) is 2. The van der Waals surface area contributed by atoms with Crippen LogP contribution in [0.15, 0.2) is 4.99 Å². The smallest absolute Gasteiger partial charge is 0.191 e. The number of nitrogens with zero attached hydrogens (tertiary/aromatic N) is 1. The number of guanidine groups is 1. The topological polar surface area (TPSA) is 45.7 Å². The maximum absolute atomic E-state index is 5.54. The second kappa shape index (κ2) is 14.4. The average Bonchev–Trinajstić information content (AvgIpc) is 2.30. The van der Waals surface area contributed by atoms with Gasteiger partial charge in [-0.3, -0.25) is 4.99 Å². The van der Waals surface area contributed by atoms with Crippen LogP contribution in [0.25, 0.3) is 0 Å². The number of rotatable bonds is 9. The minimum absolute atomic E-state index is 0. The Balaban J connectivity index is 0. The molecule has 0 spiro atoms. The number of halogens is 1. The second-order valence-electron chi connectivity index (χ2n) is 5.40. The molecule has 116 valence electrons. The minimum atomic E-state index is 0. The molecule has 0 atom stereocenters. The van der Waals surface area contributed by atoms with Crippen LogP contribution >= 0.6 is 24.0 Å². The molecule has 0 aliphatic carbocycles. The summed E-state index contributed by atoms with van der Waals surface area (Å²) in [7, 11) is 1.80. The van der Waals surface area contributed by atoms with E-state index in [1.165, 1.54) is 0 Å². The van der Waals surface area contributed by atoms with Gasteiger partial charge in [-0.15, -0.1) is 24.0 Å². The Bertz CT molecular complexity index is 221. The van der Waals surface area contributed by atoms with E-state index in [2.05, 4.69) is 43.3 Å². The van der Waals surface area contributed by atoms with Gasteiger partial charge in [0.1, 0.15) is 0 Å². The van der Waals surface area contributed by atoms with Gasteiger partial charge in [-0.05, 0) is 24.7 Å². The normalized spacial score (nSPS) is 11.6. The van der Waals surface area contributed by atoms with Crippen molar-refractivity contribution in [3.63, 3.8) is 0 Å². The zero-order chi connectivity index (χ0) is 13.8. The molecule has 0 heterocycles. The van der Waals surface area contributed by atoms with Gasteiger partial charge in [0.2, 0.25) is 0 Å². The van der Waals surface area contributed by atoms with Crippen molar-refractivity contribution in [2.75, 3.05) is 33.4 Å². The van der Waals surface area contributed by atoms with Crippen LogP contribution in [-0.4, -0.2) is 39.3 Å². The summed E-state index contributed by atoms with van der Waals surface area (Å²) in [5.41, 5.74) is 0. The minimum Gasteiger partial charge on any atom is -0.380 e. The quantitative estimate of drug-likeness (QED) is 0.278. The SMILES string of the molecule is CN=C(NCCOCCC(C)C)NCCC(C)C.I. The lowest BCUT2D eigenvalue weighted by Gasteiger charge is -2.13. The highest BCUT2D eigenvalue weighted by Crippen LogP contribution is 1.98. The van der Waals surface area contributed by atoms with E-state index in [1.54, 1.807) is 7.05 Å². The van der Waals surface area contributed by atoms with Gasteiger partial charge in [-0.1, -0.05) is 27.7 Å². The van der Waals surface area contributed by atoms with Gasteiger partial charge < -0.3 is 15.4 Å². The largest absolute Gasteiger partial charge is 0.380 e. The van der Waals surface area contributed by atoms with E-state index in [0.717, 1.165) is 51.0 Å². The maximum Gasteiger partial charge on any atom is 0.191 e. The first-order chi connectivity index (χ1) is 8.56. The fourth-order valence-corrected chi connectivity index (χ4v) is 1.36. The molecular formula is C14H32IN3O. The molecule has 0 aromatic carbocycles. The lowest BCUT2D eigenvalue weighted by Crippen LogP contribution is -2.39. The van der Waals surface area contributed by atoms with Gasteiger partial charge in [0.05, 0.1) is 6.61 Å². The third kappa shape index (κ3) is 15.9. The van der Waals surface area contributed by atoms with Gasteiger partial charge in [0, 0.05) is 26.7 Å². The van der Waals surface area contributed by atoms with Crippen molar-refractivity contribution < 1.29 is 4.74 Å². The molecule has 0 unspecified atom stereocenters. The molecule has 0 fully saturated rings. The third-order valence-electron chi connectivity index (χ3n) is 2.62. The molecule has 0 radical (unpaired) electrons. The highest BCUT2D eigenvalue weighted by Gasteiger charge is 1.98. The number of ether oxygens (including phenoxy) is 1. The second-order valence-corrected chi connectivity index (χ2v) is 5.40. The Morgan fingerprint density at radius 1 is 0.947 bits per heavy atom. The number of aliphatic imine (C=N–C) groups is 1. The summed E-state index contributed by atoms with van der Waals surface area (Å²) in [5, 5.41) is 6.54. The van der Waals surface area contributed by atoms with Crippen molar-refractivity contribution in [2.45, 2.75) is 40.5 Å². The van der Waals surface area contributed by atoms with Gasteiger partial charge in [-0.25, -0.2) is 0 Å². The van der Waals surface area contributed by atoms with Crippen molar-refractivity contribution in [2.24, 2.45) is 16.8 Å². The fourth-order valence-electron chi connectivity index (χ4n) is 1.36. The van der Waals surface area contributed by atoms with Crippen LogP contribution in [-0.2, 0) is 4.74 Å². The van der Waals surface area contributed by atoms with E-state index in [1.807, 2.05) is 0 Å². The van der Waals surface area contributed by atoms with E-state index in [9.17, 15) is 0 Å². The summed E-state index contributed by atoms with van der Waals surface area (Å²) in [6.45, 7) is 12.2. The Labute approximate surface area is 136 Å². The summed E-state index contributed by atoms with van der Waals surface area (Å²) in [5.74, 6) is 2.29. The molecule has 0 bridgehead atoms. The molecule has 0 saturated heterocycles. The highest BCUT2D eigenvalue weighted by molar-refractivity contribution is 14.0. The Morgan fingerprint density at radius 3 is 2.05 bits per heavy atom. The van der Waals surface area contributed by atoms with Crippen molar-refractivity contribution in [1.29, 1.82) is 0 Å². The molecular weight excluding hydrogens is 353 g/mol. The van der Waals surface area contributed by atoms with E-state index >= 15 is 0 Å². The summed E-state index contributed by atoms with van der Waals surface area (Å²) >= 11 is 0. The molecule has 0 saturated carbocycles. The standard InChI is InChI=1S/C14H31N3O.HI/c1-12(2)6-8-16-14(15-5)17-9-11-18-10-7-13(3)4;/h12-13H,6-11H2,1-5H3,(H2,15,16,17);1H.